The molecule has 0 amide bonds. The molecule has 0 saturated carbocycles. The van der Waals surface area contributed by atoms with E-state index in [4.69, 9.17) is 10.00 Å². The molecule has 0 saturated heterocycles. The van der Waals surface area contributed by atoms with E-state index in [-0.39, 0.29) is 5.69 Å². The molecule has 5 nitrogen and oxygen atoms in total. The van der Waals surface area contributed by atoms with Gasteiger partial charge in [-0.25, -0.2) is 9.97 Å². The highest BCUT2D eigenvalue weighted by Crippen LogP contribution is 2.28. The highest BCUT2D eigenvalue weighted by Gasteiger charge is 2.08. The SMILES string of the molecule is COc1ccc(C)cc1Nc1nccnc1C#N. The third-order valence-corrected chi connectivity index (χ3v) is 2.41. The lowest BCUT2D eigenvalue weighted by Gasteiger charge is -2.11. The molecule has 1 heterocycles. The van der Waals surface area contributed by atoms with E-state index < -0.39 is 0 Å². The van der Waals surface area contributed by atoms with Gasteiger partial charge in [-0.15, -0.1) is 0 Å². The van der Waals surface area contributed by atoms with Gasteiger partial charge < -0.3 is 10.1 Å². The first-order valence-electron chi connectivity index (χ1n) is 5.37. The van der Waals surface area contributed by atoms with Crippen molar-refractivity contribution < 1.29 is 4.74 Å². The number of hydrogen-bond donors (Lipinski definition) is 1. The van der Waals surface area contributed by atoms with Crippen LogP contribution < -0.4 is 10.1 Å². The Morgan fingerprint density at radius 3 is 2.78 bits per heavy atom. The second kappa shape index (κ2) is 5.15. The zero-order chi connectivity index (χ0) is 13.0. The molecule has 18 heavy (non-hydrogen) atoms. The van der Waals surface area contributed by atoms with E-state index in [0.717, 1.165) is 11.3 Å². The number of anilines is 2. The van der Waals surface area contributed by atoms with Crippen LogP contribution in [0.25, 0.3) is 0 Å². The molecule has 1 aromatic heterocycles. The van der Waals surface area contributed by atoms with Gasteiger partial charge in [-0.1, -0.05) is 6.07 Å². The van der Waals surface area contributed by atoms with Gasteiger partial charge >= 0.3 is 0 Å². The number of hydrogen-bond acceptors (Lipinski definition) is 5. The highest BCUT2D eigenvalue weighted by atomic mass is 16.5. The summed E-state index contributed by atoms with van der Waals surface area (Å²) in [7, 11) is 1.59. The standard InChI is InChI=1S/C13H12N4O/c1-9-3-4-12(18-2)10(7-9)17-13-11(8-14)15-5-6-16-13/h3-7H,1-2H3,(H,16,17). The molecule has 0 spiro atoms. The molecule has 2 rings (SSSR count). The summed E-state index contributed by atoms with van der Waals surface area (Å²) in [5, 5.41) is 12.0. The monoisotopic (exact) mass is 240 g/mol. The van der Waals surface area contributed by atoms with E-state index in [0.29, 0.717) is 11.6 Å². The number of aromatic nitrogens is 2. The lowest BCUT2D eigenvalue weighted by Crippen LogP contribution is -2.00. The van der Waals surface area contributed by atoms with Crippen molar-refractivity contribution in [3.8, 4) is 11.8 Å². The maximum atomic E-state index is 8.95. The van der Waals surface area contributed by atoms with Crippen molar-refractivity contribution in [3.63, 3.8) is 0 Å². The van der Waals surface area contributed by atoms with Crippen molar-refractivity contribution in [2.45, 2.75) is 6.92 Å². The fourth-order valence-electron chi connectivity index (χ4n) is 1.56. The van der Waals surface area contributed by atoms with Gasteiger partial charge in [-0.3, -0.25) is 0 Å². The molecule has 0 atom stereocenters. The van der Waals surface area contributed by atoms with Gasteiger partial charge in [0.2, 0.25) is 0 Å². The van der Waals surface area contributed by atoms with Gasteiger partial charge in [-0.05, 0) is 24.6 Å². The fraction of sp³-hybridized carbons (Fsp3) is 0.154. The molecule has 1 N–H and O–H groups in total. The summed E-state index contributed by atoms with van der Waals surface area (Å²) in [6, 6.07) is 7.73. The predicted molar refractivity (Wildman–Crippen MR) is 67.8 cm³/mol. The molecular weight excluding hydrogens is 228 g/mol. The molecule has 0 aliphatic heterocycles. The second-order valence-electron chi connectivity index (χ2n) is 3.69. The Balaban J connectivity index is 2.40. The summed E-state index contributed by atoms with van der Waals surface area (Å²) >= 11 is 0. The lowest BCUT2D eigenvalue weighted by atomic mass is 10.2. The van der Waals surface area contributed by atoms with Crippen LogP contribution in [-0.2, 0) is 0 Å². The summed E-state index contributed by atoms with van der Waals surface area (Å²) in [5.74, 6) is 1.11. The second-order valence-corrected chi connectivity index (χ2v) is 3.69. The third kappa shape index (κ3) is 2.38. The van der Waals surface area contributed by atoms with Crippen LogP contribution in [0.1, 0.15) is 11.3 Å². The molecular formula is C13H12N4O. The summed E-state index contributed by atoms with van der Waals surface area (Å²) < 4.78 is 5.25. The largest absolute Gasteiger partial charge is 0.495 e. The maximum absolute atomic E-state index is 8.95. The minimum atomic E-state index is 0.251. The quantitative estimate of drug-likeness (QED) is 0.892. The van der Waals surface area contributed by atoms with E-state index >= 15 is 0 Å². The van der Waals surface area contributed by atoms with Gasteiger partial charge in [0, 0.05) is 12.4 Å². The van der Waals surface area contributed by atoms with Crippen LogP contribution in [0.4, 0.5) is 11.5 Å². The van der Waals surface area contributed by atoms with Gasteiger partial charge in [0.15, 0.2) is 11.5 Å². The molecule has 90 valence electrons. The first-order chi connectivity index (χ1) is 8.74. The van der Waals surface area contributed by atoms with E-state index in [9.17, 15) is 0 Å². The van der Waals surface area contributed by atoms with Gasteiger partial charge in [0.05, 0.1) is 12.8 Å². The van der Waals surface area contributed by atoms with Gasteiger partial charge in [0.1, 0.15) is 11.8 Å². The van der Waals surface area contributed by atoms with Crippen molar-refractivity contribution in [1.29, 1.82) is 5.26 Å². The number of nitrogens with zero attached hydrogens (tertiary/aromatic N) is 3. The minimum Gasteiger partial charge on any atom is -0.495 e. The summed E-state index contributed by atoms with van der Waals surface area (Å²) in [4.78, 5) is 8.04. The minimum absolute atomic E-state index is 0.251. The van der Waals surface area contributed by atoms with Crippen LogP contribution in [0.2, 0.25) is 0 Å². The first kappa shape index (κ1) is 11.9. The van der Waals surface area contributed by atoms with Crippen LogP contribution in [-0.4, -0.2) is 17.1 Å². The summed E-state index contributed by atoms with van der Waals surface area (Å²) in [6.07, 6.45) is 3.02. The van der Waals surface area contributed by atoms with Crippen molar-refractivity contribution in [3.05, 3.63) is 41.9 Å². The van der Waals surface area contributed by atoms with E-state index in [1.165, 1.54) is 12.4 Å². The molecule has 2 aromatic rings. The van der Waals surface area contributed by atoms with Crippen LogP contribution in [0.15, 0.2) is 30.6 Å². The summed E-state index contributed by atoms with van der Waals surface area (Å²) in [5.41, 5.74) is 2.09. The average molecular weight is 240 g/mol. The normalized spacial score (nSPS) is 9.61. The molecule has 5 heteroatoms. The molecule has 0 aliphatic rings. The smallest absolute Gasteiger partial charge is 0.183 e. The number of ether oxygens (including phenoxy) is 1. The number of rotatable bonds is 3. The Kier molecular flexibility index (Phi) is 3.39. The molecule has 0 fully saturated rings. The van der Waals surface area contributed by atoms with Crippen molar-refractivity contribution in [2.24, 2.45) is 0 Å². The maximum Gasteiger partial charge on any atom is 0.183 e. The van der Waals surface area contributed by atoms with E-state index in [1.807, 2.05) is 31.2 Å². The molecule has 0 aliphatic carbocycles. The van der Waals surface area contributed by atoms with Crippen molar-refractivity contribution >= 4 is 11.5 Å². The Hall–Kier alpha value is -2.61. The molecule has 1 aromatic carbocycles. The van der Waals surface area contributed by atoms with Crippen LogP contribution in [0, 0.1) is 18.3 Å². The van der Waals surface area contributed by atoms with Gasteiger partial charge in [-0.2, -0.15) is 5.26 Å². The number of methoxy groups -OCH3 is 1. The number of aryl methyl sites for hydroxylation is 1. The predicted octanol–water partition coefficient (Wildman–Crippen LogP) is 2.41. The Morgan fingerprint density at radius 2 is 2.06 bits per heavy atom. The summed E-state index contributed by atoms with van der Waals surface area (Å²) in [6.45, 7) is 1.98. The lowest BCUT2D eigenvalue weighted by molar-refractivity contribution is 0.416. The Labute approximate surface area is 105 Å². The fourth-order valence-corrected chi connectivity index (χ4v) is 1.56. The third-order valence-electron chi connectivity index (χ3n) is 2.41. The number of nitrogens with one attached hydrogen (secondary N) is 1. The van der Waals surface area contributed by atoms with E-state index in [1.54, 1.807) is 7.11 Å². The highest BCUT2D eigenvalue weighted by molar-refractivity contribution is 5.67. The first-order valence-corrected chi connectivity index (χ1v) is 5.37. The number of benzene rings is 1. The molecule has 0 bridgehead atoms. The number of nitriles is 1. The van der Waals surface area contributed by atoms with E-state index in [2.05, 4.69) is 15.3 Å². The zero-order valence-corrected chi connectivity index (χ0v) is 10.1. The zero-order valence-electron chi connectivity index (χ0n) is 10.1. The molecule has 0 unspecified atom stereocenters. The average Bonchev–Trinajstić information content (AvgIpc) is 2.40. The Bertz CT molecular complexity index is 604. The van der Waals surface area contributed by atoms with Crippen molar-refractivity contribution in [2.75, 3.05) is 12.4 Å². The van der Waals surface area contributed by atoms with Gasteiger partial charge in [0.25, 0.3) is 0 Å². The van der Waals surface area contributed by atoms with Crippen LogP contribution >= 0.6 is 0 Å². The van der Waals surface area contributed by atoms with Crippen LogP contribution in [0.5, 0.6) is 5.75 Å². The van der Waals surface area contributed by atoms with Crippen LogP contribution in [0.3, 0.4) is 0 Å². The topological polar surface area (TPSA) is 70.8 Å². The van der Waals surface area contributed by atoms with Crippen molar-refractivity contribution in [1.82, 2.24) is 9.97 Å². The Morgan fingerprint density at radius 1 is 1.28 bits per heavy atom. The molecule has 0 radical (unpaired) electrons.